The predicted octanol–water partition coefficient (Wildman–Crippen LogP) is 2.43. The number of ether oxygens (including phenoxy) is 1. The van der Waals surface area contributed by atoms with Gasteiger partial charge in [0.25, 0.3) is 0 Å². The lowest BCUT2D eigenvalue weighted by Crippen LogP contribution is -2.31. The third-order valence-corrected chi connectivity index (χ3v) is 7.92. The molecule has 1 atom stereocenters. The van der Waals surface area contributed by atoms with Gasteiger partial charge in [-0.05, 0) is 57.9 Å². The fourth-order valence-electron chi connectivity index (χ4n) is 3.62. The van der Waals surface area contributed by atoms with Gasteiger partial charge in [-0.25, -0.2) is 8.42 Å². The summed E-state index contributed by atoms with van der Waals surface area (Å²) >= 11 is 0. The van der Waals surface area contributed by atoms with E-state index in [-0.39, 0.29) is 0 Å². The number of benzene rings is 1. The molecule has 2 heterocycles. The van der Waals surface area contributed by atoms with Crippen LogP contribution in [-0.2, 0) is 25.6 Å². The van der Waals surface area contributed by atoms with Crippen LogP contribution >= 0.6 is 0 Å². The van der Waals surface area contributed by atoms with E-state index in [1.54, 1.807) is 39.0 Å². The Hall–Kier alpha value is -1.90. The molecule has 0 bridgehead atoms. The van der Waals surface area contributed by atoms with E-state index in [1.807, 2.05) is 13.8 Å². The van der Waals surface area contributed by atoms with Crippen molar-refractivity contribution < 1.29 is 28.2 Å². The van der Waals surface area contributed by atoms with Crippen molar-refractivity contribution in [2.75, 3.05) is 13.1 Å². The topological polar surface area (TPSA) is 104 Å². The predicted molar refractivity (Wildman–Crippen MR) is 106 cm³/mol. The molecule has 1 unspecified atom stereocenters. The van der Waals surface area contributed by atoms with Crippen molar-refractivity contribution in [1.82, 2.24) is 4.31 Å². The number of fused-ring (bicyclic) bond motifs is 1. The number of aliphatic carboxylic acids is 1. The van der Waals surface area contributed by atoms with E-state index < -0.39 is 33.1 Å². The monoisotopic (exact) mass is 409 g/mol. The summed E-state index contributed by atoms with van der Waals surface area (Å²) in [5.74, 6) is -0.676. The Kier molecular flexibility index (Phi) is 4.89. The van der Waals surface area contributed by atoms with Crippen LogP contribution in [0.3, 0.4) is 0 Å². The Bertz CT molecular complexity index is 961. The maximum atomic E-state index is 12.6. The molecule has 1 aromatic carbocycles. The first kappa shape index (κ1) is 20.8. The summed E-state index contributed by atoms with van der Waals surface area (Å²) in [6, 6.07) is 3.43. The highest BCUT2D eigenvalue weighted by Crippen LogP contribution is 2.48. The molecule has 1 aromatic rings. The van der Waals surface area contributed by atoms with Gasteiger partial charge in [-0.2, -0.15) is 4.31 Å². The largest absolute Gasteiger partial charge is 0.481 e. The number of sulfonamides is 1. The first-order valence-corrected chi connectivity index (χ1v) is 10.7. The van der Waals surface area contributed by atoms with Crippen LogP contribution in [0.2, 0.25) is 0 Å². The number of hydrogen-bond acceptors (Lipinski definition) is 5. The molecule has 0 spiro atoms. The van der Waals surface area contributed by atoms with Gasteiger partial charge in [0.1, 0.15) is 5.75 Å². The molecule has 0 radical (unpaired) electrons. The van der Waals surface area contributed by atoms with Gasteiger partial charge in [-0.15, -0.1) is 0 Å². The Morgan fingerprint density at radius 3 is 2.57 bits per heavy atom. The molecule has 0 aromatic heterocycles. The second kappa shape index (κ2) is 6.57. The van der Waals surface area contributed by atoms with Gasteiger partial charge >= 0.3 is 5.97 Å². The summed E-state index contributed by atoms with van der Waals surface area (Å²) in [5, 5.41) is 20.1. The van der Waals surface area contributed by atoms with E-state index in [1.165, 1.54) is 4.31 Å². The Morgan fingerprint density at radius 1 is 1.39 bits per heavy atom. The summed E-state index contributed by atoms with van der Waals surface area (Å²) in [7, 11) is -3.50. The molecule has 8 heteroatoms. The molecule has 28 heavy (non-hydrogen) atoms. The van der Waals surface area contributed by atoms with E-state index in [2.05, 4.69) is 0 Å². The van der Waals surface area contributed by atoms with Crippen LogP contribution in [0.25, 0.3) is 6.08 Å². The lowest BCUT2D eigenvalue weighted by atomic mass is 9.78. The number of hydrogen-bond donors (Lipinski definition) is 2. The number of carboxylic acid groups (broad SMARTS) is 1. The lowest BCUT2D eigenvalue weighted by Gasteiger charge is -2.23. The zero-order chi connectivity index (χ0) is 21.1. The van der Waals surface area contributed by atoms with Crippen LogP contribution in [0.1, 0.15) is 57.7 Å². The van der Waals surface area contributed by atoms with Gasteiger partial charge in [-0.1, -0.05) is 6.92 Å². The summed E-state index contributed by atoms with van der Waals surface area (Å²) in [4.78, 5) is 12.2. The van der Waals surface area contributed by atoms with Crippen LogP contribution in [0.4, 0.5) is 0 Å². The third-order valence-electron chi connectivity index (χ3n) is 5.82. The van der Waals surface area contributed by atoms with Crippen molar-refractivity contribution >= 4 is 22.1 Å². The minimum atomic E-state index is -3.50. The maximum Gasteiger partial charge on any atom is 0.313 e. The van der Waals surface area contributed by atoms with E-state index >= 15 is 0 Å². The van der Waals surface area contributed by atoms with Gasteiger partial charge in [0.15, 0.2) is 0 Å². The minimum Gasteiger partial charge on any atom is -0.481 e. The molecular weight excluding hydrogens is 382 g/mol. The lowest BCUT2D eigenvalue weighted by molar-refractivity contribution is -0.142. The van der Waals surface area contributed by atoms with Crippen LogP contribution < -0.4 is 4.74 Å². The molecule has 154 valence electrons. The molecule has 0 amide bonds. The third kappa shape index (κ3) is 3.03. The highest BCUT2D eigenvalue weighted by atomic mass is 32.2. The molecule has 0 saturated carbocycles. The van der Waals surface area contributed by atoms with Crippen molar-refractivity contribution in [1.29, 1.82) is 0 Å². The number of aliphatic hydroxyl groups excluding tert-OH is 1. The fourth-order valence-corrected chi connectivity index (χ4v) is 5.26. The molecule has 1 fully saturated rings. The smallest absolute Gasteiger partial charge is 0.313 e. The van der Waals surface area contributed by atoms with Gasteiger partial charge in [0.05, 0.1) is 15.7 Å². The van der Waals surface area contributed by atoms with E-state index in [0.29, 0.717) is 46.9 Å². The molecule has 2 N–H and O–H groups in total. The Morgan fingerprint density at radius 2 is 2.04 bits per heavy atom. The molecule has 7 nitrogen and oxygen atoms in total. The van der Waals surface area contributed by atoms with Crippen molar-refractivity contribution in [3.63, 3.8) is 0 Å². The molecule has 1 saturated heterocycles. The number of carbonyl (C=O) groups is 1. The summed E-state index contributed by atoms with van der Waals surface area (Å²) in [5.41, 5.74) is -0.358. The summed E-state index contributed by atoms with van der Waals surface area (Å²) < 4.78 is 32.3. The summed E-state index contributed by atoms with van der Waals surface area (Å²) in [6.45, 7) is 9.39. The zero-order valence-electron chi connectivity index (χ0n) is 16.8. The van der Waals surface area contributed by atoms with Gasteiger partial charge in [-0.3, -0.25) is 4.79 Å². The Balaban J connectivity index is 2.22. The first-order chi connectivity index (χ1) is 12.8. The van der Waals surface area contributed by atoms with Gasteiger partial charge < -0.3 is 14.9 Å². The minimum absolute atomic E-state index is 0.311. The quantitative estimate of drug-likeness (QED) is 0.792. The molecule has 2 aliphatic heterocycles. The number of aliphatic hydroxyl groups is 1. The zero-order valence-corrected chi connectivity index (χ0v) is 17.6. The van der Waals surface area contributed by atoms with Crippen molar-refractivity contribution in [2.24, 2.45) is 0 Å². The normalized spacial score (nSPS) is 24.9. The van der Waals surface area contributed by atoms with Crippen molar-refractivity contribution in [3.8, 4) is 5.75 Å². The molecular formula is C20H27NO6S. The molecule has 2 aliphatic rings. The maximum absolute atomic E-state index is 12.6. The average molecular weight is 410 g/mol. The number of carboxylic acids is 1. The van der Waals surface area contributed by atoms with Crippen LogP contribution in [0.5, 0.6) is 5.75 Å². The number of rotatable bonds is 4. The van der Waals surface area contributed by atoms with Crippen LogP contribution in [-0.4, -0.2) is 48.3 Å². The highest BCUT2D eigenvalue weighted by Gasteiger charge is 2.45. The highest BCUT2D eigenvalue weighted by molar-refractivity contribution is 7.93. The first-order valence-electron chi connectivity index (χ1n) is 9.31. The second-order valence-corrected chi connectivity index (χ2v) is 10.4. The van der Waals surface area contributed by atoms with E-state index in [9.17, 15) is 23.4 Å². The van der Waals surface area contributed by atoms with Crippen LogP contribution in [0, 0.1) is 0 Å². The fraction of sp³-hybridized carbons (Fsp3) is 0.550. The van der Waals surface area contributed by atoms with Crippen molar-refractivity contribution in [3.05, 3.63) is 33.7 Å². The second-order valence-electron chi connectivity index (χ2n) is 8.42. The van der Waals surface area contributed by atoms with E-state index in [0.717, 1.165) is 0 Å². The van der Waals surface area contributed by atoms with E-state index in [4.69, 9.17) is 4.74 Å². The Labute approximate surface area is 165 Å². The SMILES string of the molecule is CCN1CCC(=Cc2cc(C(C)(C)C(=O)O)c3c(c2)C(C)(C)C(O)O3)S1(=O)=O. The van der Waals surface area contributed by atoms with Gasteiger partial charge in [0.2, 0.25) is 16.3 Å². The van der Waals surface area contributed by atoms with Gasteiger partial charge in [0, 0.05) is 24.2 Å². The summed E-state index contributed by atoms with van der Waals surface area (Å²) in [6.07, 6.45) is 0.903. The average Bonchev–Trinajstić information content (AvgIpc) is 3.00. The van der Waals surface area contributed by atoms with Crippen molar-refractivity contribution in [2.45, 2.75) is 58.2 Å². The standard InChI is InChI=1S/C20H27NO6S/c1-6-21-8-7-13(28(21,25)26)9-12-10-14(19(2,3)17(22)23)16-15(11-12)20(4,5)18(24)27-16/h9-11,18,24H,6-8H2,1-5H3,(H,22,23). The number of nitrogens with zero attached hydrogens (tertiary/aromatic N) is 1. The van der Waals surface area contributed by atoms with Crippen LogP contribution in [0.15, 0.2) is 17.0 Å². The molecule has 3 rings (SSSR count). The molecule has 0 aliphatic carbocycles.